The molecule has 0 N–H and O–H groups in total. The number of nitrogens with zero attached hydrogens (tertiary/aromatic N) is 2. The third kappa shape index (κ3) is 5.90. The van der Waals surface area contributed by atoms with Crippen LogP contribution < -0.4 is 9.80 Å². The van der Waals surface area contributed by atoms with Crippen molar-refractivity contribution in [3.8, 4) is 22.3 Å². The van der Waals surface area contributed by atoms with Crippen molar-refractivity contribution < 1.29 is 0 Å². The van der Waals surface area contributed by atoms with Crippen LogP contribution in [0.4, 0.5) is 34.1 Å². The van der Waals surface area contributed by atoms with Crippen LogP contribution in [0.15, 0.2) is 239 Å². The Labute approximate surface area is 370 Å². The van der Waals surface area contributed by atoms with E-state index in [-0.39, 0.29) is 0 Å². The van der Waals surface area contributed by atoms with Gasteiger partial charge < -0.3 is 9.80 Å². The number of hydrogen-bond acceptors (Lipinski definition) is 4. The summed E-state index contributed by atoms with van der Waals surface area (Å²) in [6, 6.07) is 73.7. The maximum absolute atomic E-state index is 4.24. The number of rotatable bonds is 6. The van der Waals surface area contributed by atoms with Crippen LogP contribution in [0.5, 0.6) is 0 Å². The van der Waals surface area contributed by atoms with E-state index in [0.29, 0.717) is 0 Å². The third-order valence-electron chi connectivity index (χ3n) is 12.1. The van der Waals surface area contributed by atoms with Crippen LogP contribution in [0.25, 0.3) is 60.6 Å². The minimum absolute atomic E-state index is 1.12. The van der Waals surface area contributed by atoms with E-state index >= 15 is 0 Å². The van der Waals surface area contributed by atoms with Crippen molar-refractivity contribution in [2.45, 2.75) is 19.6 Å². The summed E-state index contributed by atoms with van der Waals surface area (Å²) >= 11 is 3.68. The van der Waals surface area contributed by atoms with Crippen molar-refractivity contribution in [1.29, 1.82) is 0 Å². The van der Waals surface area contributed by atoms with Crippen LogP contribution in [0.1, 0.15) is 5.56 Å². The predicted octanol–water partition coefficient (Wildman–Crippen LogP) is 17.5. The quantitative estimate of drug-likeness (QED) is 0.154. The molecule has 292 valence electrons. The van der Waals surface area contributed by atoms with Crippen molar-refractivity contribution in [3.63, 3.8) is 0 Å². The molecule has 0 amide bonds. The maximum atomic E-state index is 4.24. The van der Waals surface area contributed by atoms with Crippen molar-refractivity contribution in [3.05, 3.63) is 224 Å². The first-order valence-corrected chi connectivity index (χ1v) is 22.6. The molecule has 0 bridgehead atoms. The topological polar surface area (TPSA) is 6.48 Å². The minimum atomic E-state index is 1.12. The van der Waals surface area contributed by atoms with E-state index in [9.17, 15) is 0 Å². The molecule has 2 nitrogen and oxygen atoms in total. The number of hydrogen-bond donors (Lipinski definition) is 0. The number of fused-ring (bicyclic) bond motifs is 7. The fourth-order valence-electron chi connectivity index (χ4n) is 9.46. The molecule has 0 aromatic heterocycles. The summed E-state index contributed by atoms with van der Waals surface area (Å²) in [7, 11) is 0. The highest BCUT2D eigenvalue weighted by atomic mass is 32.2. The van der Waals surface area contributed by atoms with Gasteiger partial charge in [0.05, 0.1) is 34.1 Å². The summed E-state index contributed by atoms with van der Waals surface area (Å²) in [5.41, 5.74) is 12.7. The predicted molar refractivity (Wildman–Crippen MR) is 267 cm³/mol. The van der Waals surface area contributed by atoms with Crippen LogP contribution >= 0.6 is 23.5 Å². The lowest BCUT2D eigenvalue weighted by atomic mass is 9.83. The molecule has 2 heterocycles. The first-order valence-electron chi connectivity index (χ1n) is 21.0. The fourth-order valence-corrected chi connectivity index (χ4v) is 11.6. The standard InChI is InChI=1S/C58H38N2S2/c1-2-3-21-45-55(42-34-32-38-17-4-6-19-40(38)36-42)57-44(22-16-27-50(57)59-46-23-8-12-28-51(46)61-52-29-13-9-24-47(52)59)56(43-35-33-39-18-5-7-20-41(39)37-43)58(45)60-48-25-10-14-30-53(48)62-54-31-15-11-26-49(54)60/h2-37H,1H2/b21-3-. The Bertz CT molecular complexity index is 3380. The molecule has 0 aliphatic carbocycles. The Kier molecular flexibility index (Phi) is 8.88. The maximum Gasteiger partial charge on any atom is 0.0626 e. The molecule has 0 fully saturated rings. The van der Waals surface area contributed by atoms with E-state index in [0.717, 1.165) is 39.4 Å². The second-order valence-electron chi connectivity index (χ2n) is 15.7. The second kappa shape index (κ2) is 15.0. The summed E-state index contributed by atoms with van der Waals surface area (Å²) in [5.74, 6) is 0. The van der Waals surface area contributed by atoms with E-state index in [2.05, 4.69) is 229 Å². The molecule has 10 aromatic carbocycles. The lowest BCUT2D eigenvalue weighted by Crippen LogP contribution is -2.18. The number of benzene rings is 10. The van der Waals surface area contributed by atoms with E-state index in [1.165, 1.54) is 74.4 Å². The normalized spacial score (nSPS) is 13.0. The molecular formula is C58H38N2S2. The molecule has 0 radical (unpaired) electrons. The van der Waals surface area contributed by atoms with Gasteiger partial charge in [0.25, 0.3) is 0 Å². The SMILES string of the molecule is C=C/C=C\c1c(N2c3ccccc3Sc3ccccc32)c(-c2ccc3ccccc3c2)c2cccc(N3c4ccccc4Sc4ccccc43)c2c1-c1ccc2ccccc2c1. The second-order valence-corrected chi connectivity index (χ2v) is 17.8. The largest absolute Gasteiger partial charge is 0.308 e. The van der Waals surface area contributed by atoms with E-state index in [1.54, 1.807) is 0 Å². The highest BCUT2D eigenvalue weighted by Crippen LogP contribution is 2.60. The van der Waals surface area contributed by atoms with Crippen LogP contribution in [0.3, 0.4) is 0 Å². The molecule has 62 heavy (non-hydrogen) atoms. The van der Waals surface area contributed by atoms with E-state index < -0.39 is 0 Å². The van der Waals surface area contributed by atoms with Gasteiger partial charge in [-0.2, -0.15) is 0 Å². The zero-order valence-corrected chi connectivity index (χ0v) is 35.3. The van der Waals surface area contributed by atoms with Crippen molar-refractivity contribution in [1.82, 2.24) is 0 Å². The molecule has 0 saturated carbocycles. The number of allylic oxidation sites excluding steroid dienone is 2. The summed E-state index contributed by atoms with van der Waals surface area (Å²) < 4.78 is 0. The number of anilines is 6. The van der Waals surface area contributed by atoms with Gasteiger partial charge in [-0.3, -0.25) is 0 Å². The molecule has 0 atom stereocenters. The van der Waals surface area contributed by atoms with Crippen LogP contribution in [-0.4, -0.2) is 0 Å². The molecule has 0 unspecified atom stereocenters. The first-order chi connectivity index (χ1) is 30.7. The molecule has 0 spiro atoms. The summed E-state index contributed by atoms with van der Waals surface area (Å²) in [4.78, 5) is 9.93. The highest BCUT2D eigenvalue weighted by Gasteiger charge is 2.34. The van der Waals surface area contributed by atoms with Gasteiger partial charge in [-0.25, -0.2) is 0 Å². The van der Waals surface area contributed by atoms with Crippen molar-refractivity contribution in [2.24, 2.45) is 0 Å². The zero-order chi connectivity index (χ0) is 41.1. The Morgan fingerprint density at radius 3 is 1.34 bits per heavy atom. The molecule has 10 aromatic rings. The highest BCUT2D eigenvalue weighted by molar-refractivity contribution is 8.00. The van der Waals surface area contributed by atoms with E-state index in [4.69, 9.17) is 0 Å². The Balaban J connectivity index is 1.32. The van der Waals surface area contributed by atoms with Gasteiger partial charge in [0.15, 0.2) is 0 Å². The Morgan fingerprint density at radius 2 is 0.823 bits per heavy atom. The van der Waals surface area contributed by atoms with Crippen molar-refractivity contribution in [2.75, 3.05) is 9.80 Å². The van der Waals surface area contributed by atoms with Gasteiger partial charge in [0.1, 0.15) is 0 Å². The first kappa shape index (κ1) is 36.6. The average Bonchev–Trinajstić information content (AvgIpc) is 3.33. The Hall–Kier alpha value is -7.24. The van der Waals surface area contributed by atoms with Crippen molar-refractivity contribution >= 4 is 96.0 Å². The zero-order valence-electron chi connectivity index (χ0n) is 33.7. The van der Waals surface area contributed by atoms with Gasteiger partial charge in [0, 0.05) is 41.7 Å². The van der Waals surface area contributed by atoms with Gasteiger partial charge >= 0.3 is 0 Å². The van der Waals surface area contributed by atoms with Gasteiger partial charge in [-0.1, -0.05) is 182 Å². The summed E-state index contributed by atoms with van der Waals surface area (Å²) in [5, 5.41) is 7.18. The molecule has 2 aliphatic heterocycles. The average molecular weight is 827 g/mol. The summed E-state index contributed by atoms with van der Waals surface area (Å²) in [6.07, 6.45) is 6.32. The van der Waals surface area contributed by atoms with Gasteiger partial charge in [0.2, 0.25) is 0 Å². The molecule has 2 aliphatic rings. The third-order valence-corrected chi connectivity index (χ3v) is 14.4. The van der Waals surface area contributed by atoms with E-state index in [1.807, 2.05) is 29.6 Å². The smallest absolute Gasteiger partial charge is 0.0626 e. The Morgan fingerprint density at radius 1 is 0.387 bits per heavy atom. The monoisotopic (exact) mass is 826 g/mol. The lowest BCUT2D eigenvalue weighted by Gasteiger charge is -2.38. The van der Waals surface area contributed by atoms with Crippen LogP contribution in [0, 0.1) is 0 Å². The van der Waals surface area contributed by atoms with Crippen LogP contribution in [-0.2, 0) is 0 Å². The molecular weight excluding hydrogens is 789 g/mol. The summed E-state index contributed by atoms with van der Waals surface area (Å²) in [6.45, 7) is 4.24. The molecule has 0 saturated heterocycles. The lowest BCUT2D eigenvalue weighted by molar-refractivity contribution is 1.16. The number of para-hydroxylation sites is 4. The minimum Gasteiger partial charge on any atom is -0.308 e. The fraction of sp³-hybridized carbons (Fsp3) is 0. The van der Waals surface area contributed by atoms with Crippen LogP contribution in [0.2, 0.25) is 0 Å². The molecule has 12 rings (SSSR count). The van der Waals surface area contributed by atoms with Gasteiger partial charge in [-0.05, 0) is 105 Å². The van der Waals surface area contributed by atoms with Gasteiger partial charge in [-0.15, -0.1) is 0 Å². The molecule has 4 heteroatoms.